The summed E-state index contributed by atoms with van der Waals surface area (Å²) in [6, 6.07) is 4.82. The van der Waals surface area contributed by atoms with Crippen LogP contribution in [-0.2, 0) is 9.53 Å². The fourth-order valence-electron chi connectivity index (χ4n) is 1.46. The number of alkyl halides is 3. The summed E-state index contributed by atoms with van der Waals surface area (Å²) in [6.07, 6.45) is -5.07. The van der Waals surface area contributed by atoms with Crippen molar-refractivity contribution in [3.8, 4) is 5.75 Å². The third kappa shape index (κ3) is 5.81. The number of anilines is 1. The molecule has 0 aliphatic carbocycles. The minimum atomic E-state index is -4.18. The van der Waals surface area contributed by atoms with Crippen LogP contribution in [0, 0.1) is 6.92 Å². The van der Waals surface area contributed by atoms with Crippen molar-refractivity contribution in [2.45, 2.75) is 19.5 Å². The van der Waals surface area contributed by atoms with E-state index in [4.69, 9.17) is 4.74 Å². The Morgan fingerprint density at radius 2 is 2.05 bits per heavy atom. The van der Waals surface area contributed by atoms with E-state index in [9.17, 15) is 18.0 Å². The lowest BCUT2D eigenvalue weighted by molar-refractivity contribution is -0.143. The van der Waals surface area contributed by atoms with E-state index in [2.05, 4.69) is 10.1 Å². The van der Waals surface area contributed by atoms with Gasteiger partial charge in [-0.1, -0.05) is 0 Å². The molecule has 7 heteroatoms. The molecule has 0 aliphatic heterocycles. The van der Waals surface area contributed by atoms with E-state index in [-0.39, 0.29) is 13.2 Å². The van der Waals surface area contributed by atoms with E-state index in [1.54, 1.807) is 25.1 Å². The number of ether oxygens (including phenoxy) is 2. The third-order valence-corrected chi connectivity index (χ3v) is 2.51. The number of aryl methyl sites for hydroxylation is 1. The Labute approximate surface area is 114 Å². The monoisotopic (exact) mass is 291 g/mol. The molecule has 1 aromatic rings. The van der Waals surface area contributed by atoms with Gasteiger partial charge in [0.2, 0.25) is 0 Å². The van der Waals surface area contributed by atoms with Crippen molar-refractivity contribution in [1.29, 1.82) is 0 Å². The highest BCUT2D eigenvalue weighted by atomic mass is 19.4. The number of carbonyl (C=O) groups excluding carboxylic acids is 1. The van der Waals surface area contributed by atoms with Crippen molar-refractivity contribution >= 4 is 11.7 Å². The van der Waals surface area contributed by atoms with E-state index in [0.717, 1.165) is 5.56 Å². The lowest BCUT2D eigenvalue weighted by atomic mass is 10.2. The highest BCUT2D eigenvalue weighted by Crippen LogP contribution is 2.23. The zero-order valence-electron chi connectivity index (χ0n) is 11.2. The molecule has 0 aliphatic rings. The molecular weight excluding hydrogens is 275 g/mol. The van der Waals surface area contributed by atoms with Crippen molar-refractivity contribution in [3.63, 3.8) is 0 Å². The number of hydrogen-bond acceptors (Lipinski definition) is 4. The number of rotatable bonds is 6. The molecule has 0 spiro atoms. The third-order valence-electron chi connectivity index (χ3n) is 2.51. The molecule has 0 atom stereocenters. The minimum Gasteiger partial charge on any atom is -0.482 e. The topological polar surface area (TPSA) is 47.6 Å². The number of carbonyl (C=O) groups is 1. The molecule has 0 saturated carbocycles. The van der Waals surface area contributed by atoms with Crippen molar-refractivity contribution in [3.05, 3.63) is 23.8 Å². The second-order valence-electron chi connectivity index (χ2n) is 4.13. The molecule has 0 aromatic heterocycles. The largest absolute Gasteiger partial charge is 0.482 e. The van der Waals surface area contributed by atoms with Crippen LogP contribution in [0.15, 0.2) is 18.2 Å². The highest BCUT2D eigenvalue weighted by Gasteiger charge is 2.26. The summed E-state index contributed by atoms with van der Waals surface area (Å²) in [7, 11) is 1.25. The first kappa shape index (κ1) is 16.1. The zero-order valence-corrected chi connectivity index (χ0v) is 11.2. The quantitative estimate of drug-likeness (QED) is 0.819. The molecule has 1 rings (SSSR count). The van der Waals surface area contributed by atoms with Crippen LogP contribution < -0.4 is 10.1 Å². The van der Waals surface area contributed by atoms with Gasteiger partial charge in [0, 0.05) is 12.2 Å². The summed E-state index contributed by atoms with van der Waals surface area (Å²) in [5.74, 6) is -0.0516. The van der Waals surface area contributed by atoms with Crippen molar-refractivity contribution in [2.24, 2.45) is 0 Å². The van der Waals surface area contributed by atoms with Gasteiger partial charge in [-0.2, -0.15) is 13.2 Å². The molecule has 0 radical (unpaired) electrons. The Morgan fingerprint density at radius 1 is 1.35 bits per heavy atom. The number of esters is 1. The maximum absolute atomic E-state index is 12.0. The van der Waals surface area contributed by atoms with Crippen molar-refractivity contribution in [1.82, 2.24) is 0 Å². The van der Waals surface area contributed by atoms with Gasteiger partial charge in [-0.25, -0.2) is 4.79 Å². The van der Waals surface area contributed by atoms with Crippen LogP contribution >= 0.6 is 0 Å². The number of methoxy groups -OCH3 is 1. The molecule has 0 fully saturated rings. The Morgan fingerprint density at radius 3 is 2.60 bits per heavy atom. The fraction of sp³-hybridized carbons (Fsp3) is 0.462. The van der Waals surface area contributed by atoms with Crippen LogP contribution in [0.1, 0.15) is 12.0 Å². The normalized spacial score (nSPS) is 11.1. The SMILES string of the molecule is COC(=O)COc1ccc(NCCC(F)(F)F)c(C)c1. The van der Waals surface area contributed by atoms with E-state index in [1.165, 1.54) is 7.11 Å². The van der Waals surface area contributed by atoms with Gasteiger partial charge in [0.1, 0.15) is 5.75 Å². The lowest BCUT2D eigenvalue weighted by Gasteiger charge is -2.12. The van der Waals surface area contributed by atoms with Crippen LogP contribution in [0.2, 0.25) is 0 Å². The predicted octanol–water partition coefficient (Wildman–Crippen LogP) is 2.91. The smallest absolute Gasteiger partial charge is 0.390 e. The van der Waals surface area contributed by atoms with E-state index in [0.29, 0.717) is 11.4 Å². The number of nitrogens with one attached hydrogen (secondary N) is 1. The molecule has 1 aromatic carbocycles. The average molecular weight is 291 g/mol. The van der Waals surface area contributed by atoms with Gasteiger partial charge in [0.15, 0.2) is 6.61 Å². The van der Waals surface area contributed by atoms with Gasteiger partial charge in [0.05, 0.1) is 13.5 Å². The summed E-state index contributed by atoms with van der Waals surface area (Å²) < 4.78 is 45.7. The Kier molecular flexibility index (Phi) is 5.66. The van der Waals surface area contributed by atoms with Crippen molar-refractivity contribution in [2.75, 3.05) is 25.6 Å². The Balaban J connectivity index is 2.53. The Hall–Kier alpha value is -1.92. The number of benzene rings is 1. The maximum Gasteiger partial charge on any atom is 0.390 e. The zero-order chi connectivity index (χ0) is 15.2. The molecule has 0 heterocycles. The molecule has 112 valence electrons. The van der Waals surface area contributed by atoms with Crippen LogP contribution in [-0.4, -0.2) is 32.4 Å². The average Bonchev–Trinajstić information content (AvgIpc) is 2.36. The second-order valence-corrected chi connectivity index (χ2v) is 4.13. The lowest BCUT2D eigenvalue weighted by Crippen LogP contribution is -2.15. The van der Waals surface area contributed by atoms with E-state index >= 15 is 0 Å². The number of hydrogen-bond donors (Lipinski definition) is 1. The molecule has 0 bridgehead atoms. The van der Waals surface area contributed by atoms with Gasteiger partial charge in [-0.05, 0) is 30.7 Å². The molecule has 0 saturated heterocycles. The van der Waals surface area contributed by atoms with Crippen LogP contribution in [0.5, 0.6) is 5.75 Å². The van der Waals surface area contributed by atoms with E-state index in [1.807, 2.05) is 0 Å². The first-order chi connectivity index (χ1) is 9.31. The minimum absolute atomic E-state index is 0.188. The Bertz CT molecular complexity index is 461. The predicted molar refractivity (Wildman–Crippen MR) is 67.9 cm³/mol. The standard InChI is InChI=1S/C13H16F3NO3/c1-9-7-10(20-8-12(18)19-2)3-4-11(9)17-6-5-13(14,15)16/h3-4,7,17H,5-6,8H2,1-2H3. The summed E-state index contributed by atoms with van der Waals surface area (Å²) in [5.41, 5.74) is 1.33. The van der Waals surface area contributed by atoms with Crippen LogP contribution in [0.4, 0.5) is 18.9 Å². The molecule has 4 nitrogen and oxygen atoms in total. The van der Waals surface area contributed by atoms with E-state index < -0.39 is 18.6 Å². The summed E-state index contributed by atoms with van der Waals surface area (Å²) in [6.45, 7) is 1.34. The number of halogens is 3. The molecule has 0 unspecified atom stereocenters. The first-order valence-corrected chi connectivity index (χ1v) is 5.92. The van der Waals surface area contributed by atoms with Crippen molar-refractivity contribution < 1.29 is 27.4 Å². The molecule has 0 amide bonds. The molecular formula is C13H16F3NO3. The van der Waals surface area contributed by atoms with Gasteiger partial charge >= 0.3 is 12.1 Å². The maximum atomic E-state index is 12.0. The van der Waals surface area contributed by atoms with Gasteiger partial charge < -0.3 is 14.8 Å². The second kappa shape index (κ2) is 7.02. The van der Waals surface area contributed by atoms with Crippen LogP contribution in [0.25, 0.3) is 0 Å². The summed E-state index contributed by atoms with van der Waals surface area (Å²) in [5, 5.41) is 2.71. The van der Waals surface area contributed by atoms with Gasteiger partial charge in [0.25, 0.3) is 0 Å². The summed E-state index contributed by atoms with van der Waals surface area (Å²) in [4.78, 5) is 10.9. The fourth-order valence-corrected chi connectivity index (χ4v) is 1.46. The summed E-state index contributed by atoms with van der Waals surface area (Å²) >= 11 is 0. The highest BCUT2D eigenvalue weighted by molar-refractivity contribution is 5.71. The van der Waals surface area contributed by atoms with Gasteiger partial charge in [-0.15, -0.1) is 0 Å². The van der Waals surface area contributed by atoms with Crippen LogP contribution in [0.3, 0.4) is 0 Å². The molecule has 20 heavy (non-hydrogen) atoms. The first-order valence-electron chi connectivity index (χ1n) is 5.92. The molecule has 1 N–H and O–H groups in total. The van der Waals surface area contributed by atoms with Gasteiger partial charge in [-0.3, -0.25) is 0 Å².